The number of carbonyl (C=O) groups is 2. The Morgan fingerprint density at radius 2 is 2.12 bits per heavy atom. The van der Waals surface area contributed by atoms with Gasteiger partial charge in [0.1, 0.15) is 0 Å². The molecule has 0 aromatic heterocycles. The lowest BCUT2D eigenvalue weighted by Crippen LogP contribution is -2.44. The predicted octanol–water partition coefficient (Wildman–Crippen LogP) is -0.547. The molecule has 0 bridgehead atoms. The van der Waals surface area contributed by atoms with Crippen LogP contribution in [0.5, 0.6) is 0 Å². The van der Waals surface area contributed by atoms with Gasteiger partial charge in [0.05, 0.1) is 13.7 Å². The van der Waals surface area contributed by atoms with Crippen LogP contribution >= 0.6 is 0 Å². The van der Waals surface area contributed by atoms with Gasteiger partial charge in [0.25, 0.3) is 0 Å². The highest BCUT2D eigenvalue weighted by atomic mass is 16.5. The minimum Gasteiger partial charge on any atom is -0.467 e. The first-order valence-electron chi connectivity index (χ1n) is 5.21. The fourth-order valence-corrected chi connectivity index (χ4v) is 1.07. The molecule has 0 aromatic carbocycles. The van der Waals surface area contributed by atoms with Gasteiger partial charge in [-0.05, 0) is 13.3 Å². The summed E-state index contributed by atoms with van der Waals surface area (Å²) in [5, 5.41) is 11.2. The molecule has 0 aliphatic carbocycles. The summed E-state index contributed by atoms with van der Waals surface area (Å²) in [5.41, 5.74) is 0. The summed E-state index contributed by atoms with van der Waals surface area (Å²) in [6, 6.07) is -0.982. The van der Waals surface area contributed by atoms with Gasteiger partial charge in [0, 0.05) is 19.6 Å². The van der Waals surface area contributed by atoms with Gasteiger partial charge in [-0.2, -0.15) is 0 Å². The summed E-state index contributed by atoms with van der Waals surface area (Å²) in [7, 11) is 1.20. The Bertz CT molecular complexity index is 219. The molecule has 0 aromatic rings. The molecule has 6 nitrogen and oxygen atoms in total. The van der Waals surface area contributed by atoms with Crippen molar-refractivity contribution in [2.75, 3.05) is 26.9 Å². The number of nitrogens with one attached hydrogen (secondary N) is 1. The largest absolute Gasteiger partial charge is 0.467 e. The van der Waals surface area contributed by atoms with Crippen molar-refractivity contribution in [2.45, 2.75) is 25.8 Å². The average Bonchev–Trinajstić information content (AvgIpc) is 2.30. The highest BCUT2D eigenvalue weighted by Gasteiger charge is 2.19. The van der Waals surface area contributed by atoms with Crippen LogP contribution < -0.4 is 5.32 Å². The maximum absolute atomic E-state index is 11.3. The molecule has 2 N–H and O–H groups in total. The number of hydrogen-bond acceptors (Lipinski definition) is 5. The summed E-state index contributed by atoms with van der Waals surface area (Å²) >= 11 is 0. The summed E-state index contributed by atoms with van der Waals surface area (Å²) in [6.45, 7) is 2.53. The third-order valence-corrected chi connectivity index (χ3v) is 1.90. The van der Waals surface area contributed by atoms with Crippen LogP contribution in [-0.4, -0.2) is 50.0 Å². The van der Waals surface area contributed by atoms with E-state index in [4.69, 9.17) is 9.84 Å². The third-order valence-electron chi connectivity index (χ3n) is 1.90. The van der Waals surface area contributed by atoms with Crippen molar-refractivity contribution < 1.29 is 24.2 Å². The fourth-order valence-electron chi connectivity index (χ4n) is 1.07. The monoisotopic (exact) mass is 233 g/mol. The average molecular weight is 233 g/mol. The Labute approximate surface area is 94.9 Å². The number of aliphatic hydroxyl groups is 1. The van der Waals surface area contributed by atoms with E-state index in [1.54, 1.807) is 0 Å². The van der Waals surface area contributed by atoms with E-state index in [2.05, 4.69) is 10.1 Å². The predicted molar refractivity (Wildman–Crippen MR) is 56.8 cm³/mol. The topological polar surface area (TPSA) is 84.9 Å². The smallest absolute Gasteiger partial charge is 0.330 e. The van der Waals surface area contributed by atoms with Crippen LogP contribution in [0.1, 0.15) is 19.8 Å². The van der Waals surface area contributed by atoms with Gasteiger partial charge >= 0.3 is 5.97 Å². The molecule has 0 fully saturated rings. The standard InChI is InChI=1S/C10H19NO5/c1-3-16-6-4-5-9(13)11-8(7-12)10(14)15-2/h8,12H,3-7H2,1-2H3,(H,11,13). The molecule has 0 rings (SSSR count). The van der Waals surface area contributed by atoms with E-state index >= 15 is 0 Å². The third kappa shape index (κ3) is 6.36. The van der Waals surface area contributed by atoms with Crippen molar-refractivity contribution in [1.82, 2.24) is 5.32 Å². The van der Waals surface area contributed by atoms with Gasteiger partial charge in [0.15, 0.2) is 6.04 Å². The number of methoxy groups -OCH3 is 1. The number of carbonyl (C=O) groups excluding carboxylic acids is 2. The SMILES string of the molecule is CCOCCCC(=O)NC(CO)C(=O)OC. The van der Waals surface area contributed by atoms with Crippen molar-refractivity contribution in [3.05, 3.63) is 0 Å². The van der Waals surface area contributed by atoms with E-state index in [0.717, 1.165) is 0 Å². The second-order valence-electron chi connectivity index (χ2n) is 3.13. The van der Waals surface area contributed by atoms with Crippen LogP contribution in [0.2, 0.25) is 0 Å². The zero-order valence-electron chi connectivity index (χ0n) is 9.69. The molecular formula is C10H19NO5. The van der Waals surface area contributed by atoms with E-state index in [1.807, 2.05) is 6.92 Å². The van der Waals surface area contributed by atoms with E-state index in [0.29, 0.717) is 19.6 Å². The van der Waals surface area contributed by atoms with Crippen molar-refractivity contribution in [1.29, 1.82) is 0 Å². The van der Waals surface area contributed by atoms with E-state index in [-0.39, 0.29) is 12.3 Å². The van der Waals surface area contributed by atoms with Crippen molar-refractivity contribution in [3.63, 3.8) is 0 Å². The van der Waals surface area contributed by atoms with Crippen LogP contribution in [0.4, 0.5) is 0 Å². The van der Waals surface area contributed by atoms with Gasteiger partial charge < -0.3 is 19.9 Å². The number of aliphatic hydroxyl groups excluding tert-OH is 1. The first-order chi connectivity index (χ1) is 7.65. The van der Waals surface area contributed by atoms with Gasteiger partial charge in [-0.15, -0.1) is 0 Å². The first-order valence-corrected chi connectivity index (χ1v) is 5.21. The molecule has 94 valence electrons. The Balaban J connectivity index is 3.79. The number of esters is 1. The van der Waals surface area contributed by atoms with Crippen molar-refractivity contribution in [3.8, 4) is 0 Å². The quantitative estimate of drug-likeness (QED) is 0.434. The lowest BCUT2D eigenvalue weighted by atomic mass is 10.2. The van der Waals surface area contributed by atoms with Crippen LogP contribution in [0.15, 0.2) is 0 Å². The lowest BCUT2D eigenvalue weighted by Gasteiger charge is -2.13. The zero-order chi connectivity index (χ0) is 12.4. The van der Waals surface area contributed by atoms with Gasteiger partial charge in [0.2, 0.25) is 5.91 Å². The molecule has 0 aliphatic heterocycles. The summed E-state index contributed by atoms with van der Waals surface area (Å²) in [6.07, 6.45) is 0.840. The Morgan fingerprint density at radius 1 is 1.44 bits per heavy atom. The second kappa shape index (κ2) is 9.11. The molecule has 0 heterocycles. The van der Waals surface area contributed by atoms with Gasteiger partial charge in [-0.3, -0.25) is 4.79 Å². The van der Waals surface area contributed by atoms with Crippen LogP contribution in [-0.2, 0) is 19.1 Å². The van der Waals surface area contributed by atoms with Crippen LogP contribution in [0.3, 0.4) is 0 Å². The van der Waals surface area contributed by atoms with E-state index in [9.17, 15) is 9.59 Å². The lowest BCUT2D eigenvalue weighted by molar-refractivity contribution is -0.146. The Morgan fingerprint density at radius 3 is 2.62 bits per heavy atom. The Kier molecular flexibility index (Phi) is 8.46. The summed E-state index contributed by atoms with van der Waals surface area (Å²) in [4.78, 5) is 22.3. The van der Waals surface area contributed by atoms with Gasteiger partial charge in [-0.25, -0.2) is 4.79 Å². The minimum absolute atomic E-state index is 0.257. The highest BCUT2D eigenvalue weighted by Crippen LogP contribution is 1.93. The molecule has 16 heavy (non-hydrogen) atoms. The summed E-state index contributed by atoms with van der Waals surface area (Å²) in [5.74, 6) is -0.954. The Hall–Kier alpha value is -1.14. The van der Waals surface area contributed by atoms with Crippen molar-refractivity contribution in [2.24, 2.45) is 0 Å². The zero-order valence-corrected chi connectivity index (χ0v) is 9.69. The number of amides is 1. The molecule has 0 aliphatic rings. The highest BCUT2D eigenvalue weighted by molar-refractivity contribution is 5.84. The maximum atomic E-state index is 11.3. The van der Waals surface area contributed by atoms with Crippen LogP contribution in [0.25, 0.3) is 0 Å². The number of rotatable bonds is 8. The normalized spacial score (nSPS) is 11.9. The molecule has 1 atom stereocenters. The molecule has 0 spiro atoms. The first kappa shape index (κ1) is 14.9. The minimum atomic E-state index is -0.982. The van der Waals surface area contributed by atoms with Crippen LogP contribution in [0, 0.1) is 0 Å². The van der Waals surface area contributed by atoms with E-state index < -0.39 is 18.6 Å². The second-order valence-corrected chi connectivity index (χ2v) is 3.13. The molecule has 0 radical (unpaired) electrons. The molecule has 0 saturated heterocycles. The molecule has 6 heteroatoms. The maximum Gasteiger partial charge on any atom is 0.330 e. The molecule has 0 saturated carbocycles. The fraction of sp³-hybridized carbons (Fsp3) is 0.800. The number of ether oxygens (including phenoxy) is 2. The van der Waals surface area contributed by atoms with Gasteiger partial charge in [-0.1, -0.05) is 0 Å². The molecule has 1 unspecified atom stereocenters. The molecule has 1 amide bonds. The molecular weight excluding hydrogens is 214 g/mol. The number of hydrogen-bond donors (Lipinski definition) is 2. The van der Waals surface area contributed by atoms with E-state index in [1.165, 1.54) is 7.11 Å². The van der Waals surface area contributed by atoms with Crippen molar-refractivity contribution >= 4 is 11.9 Å². The summed E-state index contributed by atoms with van der Waals surface area (Å²) < 4.78 is 9.47.